The van der Waals surface area contributed by atoms with Gasteiger partial charge in [0.15, 0.2) is 0 Å². The summed E-state index contributed by atoms with van der Waals surface area (Å²) >= 11 is 6.05. The zero-order valence-corrected chi connectivity index (χ0v) is 13.7. The van der Waals surface area contributed by atoms with Crippen molar-refractivity contribution in [3.05, 3.63) is 23.2 Å². The fourth-order valence-electron chi connectivity index (χ4n) is 2.39. The Labute approximate surface area is 130 Å². The first-order chi connectivity index (χ1) is 9.82. The zero-order valence-electron chi connectivity index (χ0n) is 12.1. The molecule has 1 aromatic carbocycles. The van der Waals surface area contributed by atoms with E-state index >= 15 is 0 Å². The largest absolute Gasteiger partial charge is 0.324 e. The molecule has 1 aliphatic carbocycles. The summed E-state index contributed by atoms with van der Waals surface area (Å²) in [5, 5.41) is 3.08. The average molecular weight is 331 g/mol. The van der Waals surface area contributed by atoms with E-state index in [9.17, 15) is 13.2 Å². The molecule has 0 spiro atoms. The average Bonchev–Trinajstić information content (AvgIpc) is 2.94. The molecule has 0 heterocycles. The number of nitrogens with zero attached hydrogens (tertiary/aromatic N) is 1. The molecular weight excluding hydrogens is 312 g/mol. The maximum Gasteiger partial charge on any atom is 0.242 e. The van der Waals surface area contributed by atoms with E-state index in [-0.39, 0.29) is 16.7 Å². The molecule has 0 aliphatic heterocycles. The van der Waals surface area contributed by atoms with Crippen LogP contribution in [0.5, 0.6) is 0 Å². The summed E-state index contributed by atoms with van der Waals surface area (Å²) in [6, 6.07) is 4.33. The first-order valence-corrected chi connectivity index (χ1v) is 8.67. The van der Waals surface area contributed by atoms with Crippen LogP contribution in [0, 0.1) is 5.92 Å². The summed E-state index contributed by atoms with van der Waals surface area (Å²) in [5.74, 6) is -0.0935. The minimum Gasteiger partial charge on any atom is -0.324 e. The van der Waals surface area contributed by atoms with E-state index in [1.807, 2.05) is 0 Å². The predicted molar refractivity (Wildman–Crippen MR) is 82.9 cm³/mol. The number of anilines is 1. The lowest BCUT2D eigenvalue weighted by atomic mass is 10.1. The van der Waals surface area contributed by atoms with Gasteiger partial charge in [0.1, 0.15) is 0 Å². The summed E-state index contributed by atoms with van der Waals surface area (Å²) in [4.78, 5) is 12.2. The number of hydrogen-bond acceptors (Lipinski definition) is 3. The molecule has 2 rings (SSSR count). The number of amides is 1. The third-order valence-electron chi connectivity index (χ3n) is 3.70. The van der Waals surface area contributed by atoms with Gasteiger partial charge in [0.2, 0.25) is 15.9 Å². The van der Waals surface area contributed by atoms with E-state index < -0.39 is 10.0 Å². The van der Waals surface area contributed by atoms with Gasteiger partial charge in [0.25, 0.3) is 0 Å². The summed E-state index contributed by atoms with van der Waals surface area (Å²) in [7, 11) is -0.629. The maximum atomic E-state index is 12.1. The SMILES string of the molecule is CN(C)S(=O)(=O)c1ccc(Cl)c(NC(=O)C2CCCC2)c1. The minimum absolute atomic E-state index is 0.00446. The molecule has 1 saturated carbocycles. The lowest BCUT2D eigenvalue weighted by Crippen LogP contribution is -2.23. The van der Waals surface area contributed by atoms with E-state index in [1.54, 1.807) is 0 Å². The van der Waals surface area contributed by atoms with E-state index in [0.717, 1.165) is 30.0 Å². The number of rotatable bonds is 4. The van der Waals surface area contributed by atoms with Crippen LogP contribution in [0.3, 0.4) is 0 Å². The van der Waals surface area contributed by atoms with Gasteiger partial charge in [-0.05, 0) is 31.0 Å². The summed E-state index contributed by atoms with van der Waals surface area (Å²) in [6.45, 7) is 0. The van der Waals surface area contributed by atoms with Crippen LogP contribution in [-0.2, 0) is 14.8 Å². The molecule has 7 heteroatoms. The topological polar surface area (TPSA) is 66.5 Å². The van der Waals surface area contributed by atoms with Crippen molar-refractivity contribution in [2.75, 3.05) is 19.4 Å². The molecule has 1 aromatic rings. The van der Waals surface area contributed by atoms with Crippen molar-refractivity contribution >= 4 is 33.2 Å². The van der Waals surface area contributed by atoms with Crippen molar-refractivity contribution < 1.29 is 13.2 Å². The highest BCUT2D eigenvalue weighted by Gasteiger charge is 2.24. The Kier molecular flexibility index (Phi) is 4.91. The number of halogens is 1. The maximum absolute atomic E-state index is 12.1. The second kappa shape index (κ2) is 6.34. The van der Waals surface area contributed by atoms with Crippen LogP contribution in [0.15, 0.2) is 23.1 Å². The fourth-order valence-corrected chi connectivity index (χ4v) is 3.49. The fraction of sp³-hybridized carbons (Fsp3) is 0.500. The van der Waals surface area contributed by atoms with E-state index in [1.165, 1.54) is 32.3 Å². The normalized spacial score (nSPS) is 16.4. The van der Waals surface area contributed by atoms with Crippen LogP contribution in [0.2, 0.25) is 5.02 Å². The lowest BCUT2D eigenvalue weighted by Gasteiger charge is -2.15. The van der Waals surface area contributed by atoms with Gasteiger partial charge >= 0.3 is 0 Å². The number of sulfonamides is 1. The number of hydrogen-bond donors (Lipinski definition) is 1. The monoisotopic (exact) mass is 330 g/mol. The highest BCUT2D eigenvalue weighted by molar-refractivity contribution is 7.89. The Morgan fingerprint density at radius 3 is 2.48 bits per heavy atom. The molecule has 1 fully saturated rings. The number of carbonyl (C=O) groups is 1. The second-order valence-electron chi connectivity index (χ2n) is 5.40. The van der Waals surface area contributed by atoms with Gasteiger partial charge in [-0.2, -0.15) is 0 Å². The second-order valence-corrected chi connectivity index (χ2v) is 7.96. The van der Waals surface area contributed by atoms with Crippen molar-refractivity contribution in [3.63, 3.8) is 0 Å². The molecule has 0 radical (unpaired) electrons. The van der Waals surface area contributed by atoms with Crippen LogP contribution in [0.1, 0.15) is 25.7 Å². The van der Waals surface area contributed by atoms with Crippen LogP contribution in [0.4, 0.5) is 5.69 Å². The van der Waals surface area contributed by atoms with Gasteiger partial charge in [-0.1, -0.05) is 24.4 Å². The number of carbonyl (C=O) groups excluding carboxylic acids is 1. The standard InChI is InChI=1S/C14H19ClN2O3S/c1-17(2)21(19,20)11-7-8-12(15)13(9-11)16-14(18)10-5-3-4-6-10/h7-10H,3-6H2,1-2H3,(H,16,18). The van der Waals surface area contributed by atoms with Crippen molar-refractivity contribution in [1.82, 2.24) is 4.31 Å². The Bertz CT molecular complexity index is 638. The first kappa shape index (κ1) is 16.3. The van der Waals surface area contributed by atoms with Crippen molar-refractivity contribution in [3.8, 4) is 0 Å². The van der Waals surface area contributed by atoms with Gasteiger partial charge in [-0.3, -0.25) is 4.79 Å². The van der Waals surface area contributed by atoms with Crippen molar-refractivity contribution in [1.29, 1.82) is 0 Å². The predicted octanol–water partition coefficient (Wildman–Crippen LogP) is 2.72. The molecule has 0 atom stereocenters. The Hall–Kier alpha value is -1.11. The molecular formula is C14H19ClN2O3S. The van der Waals surface area contributed by atoms with Gasteiger partial charge in [0, 0.05) is 20.0 Å². The smallest absolute Gasteiger partial charge is 0.242 e. The first-order valence-electron chi connectivity index (χ1n) is 6.85. The molecule has 0 saturated heterocycles. The van der Waals surface area contributed by atoms with E-state index in [0.29, 0.717) is 10.7 Å². The van der Waals surface area contributed by atoms with Crippen molar-refractivity contribution in [2.24, 2.45) is 5.92 Å². The van der Waals surface area contributed by atoms with Crippen molar-refractivity contribution in [2.45, 2.75) is 30.6 Å². The summed E-state index contributed by atoms with van der Waals surface area (Å²) in [6.07, 6.45) is 3.86. The summed E-state index contributed by atoms with van der Waals surface area (Å²) in [5.41, 5.74) is 0.344. The highest BCUT2D eigenvalue weighted by atomic mass is 35.5. The molecule has 1 N–H and O–H groups in total. The van der Waals surface area contributed by atoms with Crippen LogP contribution >= 0.6 is 11.6 Å². The van der Waals surface area contributed by atoms with Crippen LogP contribution < -0.4 is 5.32 Å². The van der Waals surface area contributed by atoms with Gasteiger partial charge < -0.3 is 5.32 Å². The Morgan fingerprint density at radius 1 is 1.29 bits per heavy atom. The molecule has 1 amide bonds. The third-order valence-corrected chi connectivity index (χ3v) is 5.84. The Morgan fingerprint density at radius 2 is 1.90 bits per heavy atom. The summed E-state index contributed by atoms with van der Waals surface area (Å²) < 4.78 is 25.3. The quantitative estimate of drug-likeness (QED) is 0.923. The number of nitrogens with one attached hydrogen (secondary N) is 1. The Balaban J connectivity index is 2.25. The highest BCUT2D eigenvalue weighted by Crippen LogP contribution is 2.30. The van der Waals surface area contributed by atoms with Crippen LogP contribution in [-0.4, -0.2) is 32.7 Å². The minimum atomic E-state index is -3.55. The molecule has 0 aromatic heterocycles. The number of benzene rings is 1. The van der Waals surface area contributed by atoms with Crippen LogP contribution in [0.25, 0.3) is 0 Å². The molecule has 21 heavy (non-hydrogen) atoms. The molecule has 5 nitrogen and oxygen atoms in total. The lowest BCUT2D eigenvalue weighted by molar-refractivity contribution is -0.119. The molecule has 1 aliphatic rings. The molecule has 0 unspecified atom stereocenters. The zero-order chi connectivity index (χ0) is 15.6. The third kappa shape index (κ3) is 3.56. The van der Waals surface area contributed by atoms with E-state index in [4.69, 9.17) is 11.6 Å². The van der Waals surface area contributed by atoms with Gasteiger partial charge in [-0.15, -0.1) is 0 Å². The van der Waals surface area contributed by atoms with E-state index in [2.05, 4.69) is 5.32 Å². The van der Waals surface area contributed by atoms with Gasteiger partial charge in [-0.25, -0.2) is 12.7 Å². The van der Waals surface area contributed by atoms with Gasteiger partial charge in [0.05, 0.1) is 15.6 Å². The molecule has 116 valence electrons. The molecule has 0 bridgehead atoms.